The van der Waals surface area contributed by atoms with Crippen molar-refractivity contribution in [3.63, 3.8) is 0 Å². The van der Waals surface area contributed by atoms with Crippen LogP contribution in [0.4, 0.5) is 0 Å². The Morgan fingerprint density at radius 1 is 1.07 bits per heavy atom. The molecule has 1 saturated heterocycles. The molecule has 1 heterocycles. The molecule has 1 unspecified atom stereocenters. The van der Waals surface area contributed by atoms with Gasteiger partial charge in [0, 0.05) is 12.5 Å². The van der Waals surface area contributed by atoms with Crippen LogP contribution in [0.25, 0.3) is 0 Å². The maximum absolute atomic E-state index is 3.62. The van der Waals surface area contributed by atoms with Crippen molar-refractivity contribution in [3.8, 4) is 0 Å². The van der Waals surface area contributed by atoms with E-state index >= 15 is 0 Å². The zero-order valence-corrected chi connectivity index (χ0v) is 9.08. The van der Waals surface area contributed by atoms with Crippen molar-refractivity contribution in [2.45, 2.75) is 31.7 Å². The van der Waals surface area contributed by atoms with Gasteiger partial charge in [-0.2, -0.15) is 0 Å². The predicted molar refractivity (Wildman–Crippen MR) is 61.6 cm³/mol. The van der Waals surface area contributed by atoms with E-state index in [4.69, 9.17) is 0 Å². The summed E-state index contributed by atoms with van der Waals surface area (Å²) in [5.74, 6) is 0. The topological polar surface area (TPSA) is 3.24 Å². The second-order valence-corrected chi connectivity index (χ2v) is 4.58. The molecule has 0 aromatic heterocycles. The maximum atomic E-state index is 3.62. The van der Waals surface area contributed by atoms with E-state index < -0.39 is 0 Å². The third kappa shape index (κ3) is 1.69. The van der Waals surface area contributed by atoms with Gasteiger partial charge in [-0.3, -0.25) is 4.90 Å². The second kappa shape index (κ2) is 3.97. The molecule has 3 rings (SSSR count). The Morgan fingerprint density at radius 2 is 1.87 bits per heavy atom. The van der Waals surface area contributed by atoms with E-state index in [1.54, 1.807) is 0 Å². The third-order valence-corrected chi connectivity index (χ3v) is 3.59. The van der Waals surface area contributed by atoms with E-state index in [0.29, 0.717) is 6.04 Å². The zero-order chi connectivity index (χ0) is 10.1. The Morgan fingerprint density at radius 3 is 2.73 bits per heavy atom. The minimum Gasteiger partial charge on any atom is -0.296 e. The lowest BCUT2D eigenvalue weighted by Gasteiger charge is -2.32. The lowest BCUT2D eigenvalue weighted by atomic mass is 10.0. The molecule has 1 fully saturated rings. The lowest BCUT2D eigenvalue weighted by Crippen LogP contribution is -2.32. The highest BCUT2D eigenvalue weighted by molar-refractivity contribution is 5.38. The van der Waals surface area contributed by atoms with Crippen LogP contribution < -0.4 is 0 Å². The number of benzene rings is 1. The number of hydrogen-bond donors (Lipinski definition) is 0. The van der Waals surface area contributed by atoms with Crippen LogP contribution in [0, 0.1) is 6.42 Å². The van der Waals surface area contributed by atoms with E-state index in [1.165, 1.54) is 43.5 Å². The largest absolute Gasteiger partial charge is 0.296 e. The highest BCUT2D eigenvalue weighted by atomic mass is 15.2. The summed E-state index contributed by atoms with van der Waals surface area (Å²) in [4.78, 5) is 2.59. The number of rotatable bonds is 1. The Bertz CT molecular complexity index is 339. The highest BCUT2D eigenvalue weighted by Crippen LogP contribution is 2.35. The monoisotopic (exact) mass is 199 g/mol. The third-order valence-electron chi connectivity index (χ3n) is 3.59. The molecule has 15 heavy (non-hydrogen) atoms. The molecule has 0 amide bonds. The summed E-state index contributed by atoms with van der Waals surface area (Å²) >= 11 is 0. The Kier molecular flexibility index (Phi) is 2.49. The summed E-state index contributed by atoms with van der Waals surface area (Å²) in [5, 5.41) is 0. The van der Waals surface area contributed by atoms with E-state index in [2.05, 4.69) is 35.6 Å². The van der Waals surface area contributed by atoms with Crippen molar-refractivity contribution in [1.29, 1.82) is 0 Å². The number of likely N-dealkylation sites (tertiary alicyclic amines) is 1. The molecule has 2 radical (unpaired) electrons. The minimum atomic E-state index is 0.487. The van der Waals surface area contributed by atoms with Gasteiger partial charge in [0.2, 0.25) is 0 Å². The number of hydrogen-bond acceptors (Lipinski definition) is 1. The fourth-order valence-corrected chi connectivity index (χ4v) is 2.78. The molecule has 1 aromatic rings. The van der Waals surface area contributed by atoms with Crippen molar-refractivity contribution in [1.82, 2.24) is 4.90 Å². The summed E-state index contributed by atoms with van der Waals surface area (Å²) in [6.07, 6.45) is 8.79. The smallest absolute Gasteiger partial charge is 0.0423 e. The molecule has 1 aliphatic carbocycles. The van der Waals surface area contributed by atoms with Crippen LogP contribution in [0.3, 0.4) is 0 Å². The van der Waals surface area contributed by atoms with Crippen LogP contribution in [-0.2, 0) is 6.42 Å². The average Bonchev–Trinajstić information content (AvgIpc) is 2.74. The molecule has 2 aliphatic rings. The van der Waals surface area contributed by atoms with Crippen molar-refractivity contribution in [3.05, 3.63) is 41.8 Å². The van der Waals surface area contributed by atoms with Crippen molar-refractivity contribution < 1.29 is 0 Å². The van der Waals surface area contributed by atoms with Gasteiger partial charge in [-0.25, -0.2) is 0 Å². The Labute approximate surface area is 92.1 Å². The first-order valence-corrected chi connectivity index (χ1v) is 6.00. The highest BCUT2D eigenvalue weighted by Gasteiger charge is 2.28. The molecule has 78 valence electrons. The molecular weight excluding hydrogens is 182 g/mol. The molecule has 0 saturated carbocycles. The van der Waals surface area contributed by atoms with Crippen molar-refractivity contribution in [2.24, 2.45) is 0 Å². The van der Waals surface area contributed by atoms with Crippen molar-refractivity contribution in [2.75, 3.05) is 13.1 Å². The zero-order valence-electron chi connectivity index (χ0n) is 9.08. The molecule has 1 atom stereocenters. The number of nitrogens with zero attached hydrogens (tertiary/aromatic N) is 1. The molecular formula is C14H17N. The van der Waals surface area contributed by atoms with Gasteiger partial charge < -0.3 is 0 Å². The van der Waals surface area contributed by atoms with E-state index in [0.717, 1.165) is 6.42 Å². The summed E-state index contributed by atoms with van der Waals surface area (Å²) in [7, 11) is 0. The number of piperidine rings is 1. The van der Waals surface area contributed by atoms with Crippen LogP contribution in [-0.4, -0.2) is 18.0 Å². The summed E-state index contributed by atoms with van der Waals surface area (Å²) < 4.78 is 0. The first-order chi connectivity index (χ1) is 7.45. The van der Waals surface area contributed by atoms with E-state index in [9.17, 15) is 0 Å². The van der Waals surface area contributed by atoms with Crippen LogP contribution >= 0.6 is 0 Å². The van der Waals surface area contributed by atoms with Gasteiger partial charge in [-0.05, 0) is 43.5 Å². The molecule has 1 aliphatic heterocycles. The van der Waals surface area contributed by atoms with Crippen LogP contribution in [0.15, 0.2) is 24.3 Å². The normalized spacial score (nSPS) is 26.5. The first-order valence-electron chi connectivity index (χ1n) is 6.00. The summed E-state index contributed by atoms with van der Waals surface area (Å²) in [5.41, 5.74) is 2.98. The molecule has 0 N–H and O–H groups in total. The van der Waals surface area contributed by atoms with E-state index in [-0.39, 0.29) is 0 Å². The Balaban J connectivity index is 1.83. The van der Waals surface area contributed by atoms with Gasteiger partial charge in [-0.1, -0.05) is 30.7 Å². The minimum absolute atomic E-state index is 0.487. The standard InChI is InChI=1S/C14H17N/c1-4-10-15(11-5-1)14-9-8-12-6-2-3-7-13(12)14/h2-3,6-7,14H,1,4-5,8,10-11H2. The van der Waals surface area contributed by atoms with Gasteiger partial charge in [0.15, 0.2) is 0 Å². The molecule has 1 heteroatoms. The van der Waals surface area contributed by atoms with Crippen molar-refractivity contribution >= 4 is 0 Å². The second-order valence-electron chi connectivity index (χ2n) is 4.58. The molecule has 1 aromatic carbocycles. The SMILES string of the molecule is [C]1Cc2ccccc2C1N1CCCCC1. The fraction of sp³-hybridized carbons (Fsp3) is 0.500. The van der Waals surface area contributed by atoms with Gasteiger partial charge in [0.25, 0.3) is 0 Å². The maximum Gasteiger partial charge on any atom is 0.0423 e. The summed E-state index contributed by atoms with van der Waals surface area (Å²) in [6.45, 7) is 2.51. The van der Waals surface area contributed by atoms with Gasteiger partial charge >= 0.3 is 0 Å². The van der Waals surface area contributed by atoms with Crippen LogP contribution in [0.5, 0.6) is 0 Å². The van der Waals surface area contributed by atoms with Gasteiger partial charge in [0.05, 0.1) is 0 Å². The first kappa shape index (κ1) is 9.41. The molecule has 0 spiro atoms. The number of fused-ring (bicyclic) bond motifs is 1. The van der Waals surface area contributed by atoms with Crippen LogP contribution in [0.2, 0.25) is 0 Å². The summed E-state index contributed by atoms with van der Waals surface area (Å²) in [6, 6.07) is 9.30. The fourth-order valence-electron chi connectivity index (χ4n) is 2.78. The average molecular weight is 199 g/mol. The molecule has 0 bridgehead atoms. The van der Waals surface area contributed by atoms with Gasteiger partial charge in [-0.15, -0.1) is 0 Å². The van der Waals surface area contributed by atoms with Crippen LogP contribution in [0.1, 0.15) is 36.4 Å². The Hall–Kier alpha value is -0.820. The quantitative estimate of drug-likeness (QED) is 0.672. The molecule has 1 nitrogen and oxygen atoms in total. The lowest BCUT2D eigenvalue weighted by molar-refractivity contribution is 0.186. The predicted octanol–water partition coefficient (Wildman–Crippen LogP) is 2.85. The van der Waals surface area contributed by atoms with Gasteiger partial charge in [0.1, 0.15) is 0 Å². The van der Waals surface area contributed by atoms with E-state index in [1.807, 2.05) is 0 Å².